The lowest BCUT2D eigenvalue weighted by molar-refractivity contribution is -0.134. The number of aliphatic hydroxyl groups excluding tert-OH is 2. The Hall–Kier alpha value is -1.30. The van der Waals surface area contributed by atoms with Crippen molar-refractivity contribution in [3.8, 4) is 5.75 Å². The third-order valence-electron chi connectivity index (χ3n) is 2.44. The summed E-state index contributed by atoms with van der Waals surface area (Å²) in [6.45, 7) is 2.80. The minimum absolute atomic E-state index is 0.0251. The number of benzene rings is 1. The van der Waals surface area contributed by atoms with Crippen LogP contribution >= 0.6 is 11.6 Å². The van der Waals surface area contributed by atoms with Gasteiger partial charge in [0.2, 0.25) is 0 Å². The lowest BCUT2D eigenvalue weighted by atomic mass is 10.1. The van der Waals surface area contributed by atoms with E-state index in [-0.39, 0.29) is 12.5 Å². The van der Waals surface area contributed by atoms with E-state index >= 15 is 0 Å². The van der Waals surface area contributed by atoms with Crippen LogP contribution < -0.4 is 10.1 Å². The van der Waals surface area contributed by atoms with Gasteiger partial charge in [-0.15, -0.1) is 0 Å². The van der Waals surface area contributed by atoms with Crippen molar-refractivity contribution in [1.82, 2.24) is 5.32 Å². The second-order valence-electron chi connectivity index (χ2n) is 4.61. The molecule has 0 aliphatic carbocycles. The van der Waals surface area contributed by atoms with Crippen molar-refractivity contribution in [3.63, 3.8) is 0 Å². The first-order valence-corrected chi connectivity index (χ1v) is 6.25. The van der Waals surface area contributed by atoms with Crippen LogP contribution in [-0.2, 0) is 4.79 Å². The number of rotatable bonds is 6. The number of carbonyl (C=O) groups excluding carboxylic acids is 1. The van der Waals surface area contributed by atoms with Crippen molar-refractivity contribution in [2.45, 2.75) is 25.6 Å². The molecule has 1 atom stereocenters. The van der Waals surface area contributed by atoms with E-state index in [0.29, 0.717) is 10.8 Å². The molecule has 0 saturated carbocycles. The minimum atomic E-state index is -1.09. The van der Waals surface area contributed by atoms with Crippen LogP contribution in [0.4, 0.5) is 0 Å². The van der Waals surface area contributed by atoms with E-state index in [4.69, 9.17) is 21.4 Å². The average molecular weight is 288 g/mol. The highest BCUT2D eigenvalue weighted by Crippen LogP contribution is 2.20. The Balaban J connectivity index is 2.59. The predicted molar refractivity (Wildman–Crippen MR) is 72.3 cm³/mol. The number of carbonyl (C=O) groups is 1. The number of aliphatic hydroxyl groups is 2. The van der Waals surface area contributed by atoms with E-state index in [0.717, 1.165) is 0 Å². The molecular weight excluding hydrogens is 270 g/mol. The highest BCUT2D eigenvalue weighted by molar-refractivity contribution is 6.30. The fourth-order valence-corrected chi connectivity index (χ4v) is 1.46. The van der Waals surface area contributed by atoms with Gasteiger partial charge in [0.15, 0.2) is 5.60 Å². The smallest absolute Gasteiger partial charge is 0.263 e. The summed E-state index contributed by atoms with van der Waals surface area (Å²) in [5.74, 6) is 0.141. The molecule has 19 heavy (non-hydrogen) atoms. The molecule has 0 radical (unpaired) electrons. The van der Waals surface area contributed by atoms with Gasteiger partial charge in [-0.3, -0.25) is 4.79 Å². The Kier molecular flexibility index (Phi) is 5.60. The lowest BCUT2D eigenvalue weighted by Crippen LogP contribution is -2.48. The van der Waals surface area contributed by atoms with Crippen molar-refractivity contribution >= 4 is 17.5 Å². The number of nitrogens with one attached hydrogen (secondary N) is 1. The van der Waals surface area contributed by atoms with Gasteiger partial charge in [-0.2, -0.15) is 0 Å². The highest BCUT2D eigenvalue weighted by Gasteiger charge is 2.30. The zero-order chi connectivity index (χ0) is 14.5. The Morgan fingerprint density at radius 3 is 2.53 bits per heavy atom. The van der Waals surface area contributed by atoms with Gasteiger partial charge in [-0.1, -0.05) is 11.6 Å². The first-order valence-electron chi connectivity index (χ1n) is 5.87. The molecule has 1 aromatic rings. The summed E-state index contributed by atoms with van der Waals surface area (Å²) < 4.78 is 5.57. The first kappa shape index (κ1) is 15.8. The van der Waals surface area contributed by atoms with Crippen LogP contribution in [0.3, 0.4) is 0 Å². The quantitative estimate of drug-likeness (QED) is 0.728. The number of amides is 1. The van der Waals surface area contributed by atoms with Crippen molar-refractivity contribution in [2.24, 2.45) is 0 Å². The van der Waals surface area contributed by atoms with Gasteiger partial charge < -0.3 is 20.3 Å². The molecule has 5 nitrogen and oxygen atoms in total. The Morgan fingerprint density at radius 1 is 1.42 bits per heavy atom. The number of ether oxygens (including phenoxy) is 1. The van der Waals surface area contributed by atoms with Crippen LogP contribution in [-0.4, -0.2) is 41.0 Å². The summed E-state index contributed by atoms with van der Waals surface area (Å²) in [6, 6.07) is 6.67. The van der Waals surface area contributed by atoms with Crippen LogP contribution in [0.25, 0.3) is 0 Å². The third-order valence-corrected chi connectivity index (χ3v) is 2.69. The van der Waals surface area contributed by atoms with E-state index in [9.17, 15) is 9.90 Å². The molecule has 0 spiro atoms. The Bertz CT molecular complexity index is 419. The molecule has 3 N–H and O–H groups in total. The Morgan fingerprint density at radius 2 is 2.00 bits per heavy atom. The summed E-state index contributed by atoms with van der Waals surface area (Å²) in [4.78, 5) is 11.9. The predicted octanol–water partition coefficient (Wildman–Crippen LogP) is 0.967. The monoisotopic (exact) mass is 287 g/mol. The summed E-state index contributed by atoms with van der Waals surface area (Å²) in [5.41, 5.74) is -1.09. The number of hydrogen-bond donors (Lipinski definition) is 3. The molecule has 1 unspecified atom stereocenters. The highest BCUT2D eigenvalue weighted by atomic mass is 35.5. The summed E-state index contributed by atoms with van der Waals surface area (Å²) in [5, 5.41) is 20.9. The standard InChI is InChI=1S/C13H18ClNO4/c1-13(2,12(18)15-7-10(17)8-16)19-11-5-3-9(14)4-6-11/h3-6,10,16-17H,7-8H2,1-2H3,(H,15,18). The molecular formula is C13H18ClNO4. The van der Waals surface area contributed by atoms with E-state index in [2.05, 4.69) is 5.32 Å². The maximum absolute atomic E-state index is 11.9. The fourth-order valence-electron chi connectivity index (χ4n) is 1.33. The molecule has 0 bridgehead atoms. The summed E-state index contributed by atoms with van der Waals surface area (Å²) in [7, 11) is 0. The van der Waals surface area contributed by atoms with Crippen LogP contribution in [0.5, 0.6) is 5.75 Å². The first-order chi connectivity index (χ1) is 8.85. The van der Waals surface area contributed by atoms with Gasteiger partial charge in [-0.05, 0) is 38.1 Å². The zero-order valence-corrected chi connectivity index (χ0v) is 11.6. The van der Waals surface area contributed by atoms with E-state index in [1.807, 2.05) is 0 Å². The molecule has 0 fully saturated rings. The molecule has 0 heterocycles. The van der Waals surface area contributed by atoms with Gasteiger partial charge >= 0.3 is 0 Å². The van der Waals surface area contributed by atoms with Crippen LogP contribution in [0, 0.1) is 0 Å². The largest absolute Gasteiger partial charge is 0.478 e. The summed E-state index contributed by atoms with van der Waals surface area (Å²) >= 11 is 5.76. The number of hydrogen-bond acceptors (Lipinski definition) is 4. The Labute approximate surface area is 117 Å². The minimum Gasteiger partial charge on any atom is -0.478 e. The van der Waals surface area contributed by atoms with Gasteiger partial charge in [0.25, 0.3) is 5.91 Å². The van der Waals surface area contributed by atoms with Crippen LogP contribution in [0.1, 0.15) is 13.8 Å². The molecule has 0 aromatic heterocycles. The third kappa shape index (κ3) is 5.06. The van der Waals surface area contributed by atoms with E-state index < -0.39 is 18.3 Å². The summed E-state index contributed by atoms with van der Waals surface area (Å²) in [6.07, 6.45) is -0.977. The van der Waals surface area contributed by atoms with Gasteiger partial charge in [0.1, 0.15) is 5.75 Å². The van der Waals surface area contributed by atoms with E-state index in [1.165, 1.54) is 0 Å². The van der Waals surface area contributed by atoms with Crippen LogP contribution in [0.2, 0.25) is 5.02 Å². The second-order valence-corrected chi connectivity index (χ2v) is 5.05. The van der Waals surface area contributed by atoms with Gasteiger partial charge in [0, 0.05) is 11.6 Å². The van der Waals surface area contributed by atoms with Crippen molar-refractivity contribution in [2.75, 3.05) is 13.2 Å². The lowest BCUT2D eigenvalue weighted by Gasteiger charge is -2.25. The molecule has 0 aliphatic heterocycles. The van der Waals surface area contributed by atoms with E-state index in [1.54, 1.807) is 38.1 Å². The average Bonchev–Trinajstić information content (AvgIpc) is 2.37. The molecule has 106 valence electrons. The second kappa shape index (κ2) is 6.75. The SMILES string of the molecule is CC(C)(Oc1ccc(Cl)cc1)C(=O)NCC(O)CO. The zero-order valence-electron chi connectivity index (χ0n) is 10.9. The number of halogens is 1. The molecule has 1 amide bonds. The van der Waals surface area contributed by atoms with Crippen molar-refractivity contribution in [1.29, 1.82) is 0 Å². The van der Waals surface area contributed by atoms with Crippen molar-refractivity contribution in [3.05, 3.63) is 29.3 Å². The van der Waals surface area contributed by atoms with Crippen molar-refractivity contribution < 1.29 is 19.7 Å². The molecule has 1 aromatic carbocycles. The normalized spacial score (nSPS) is 12.9. The maximum Gasteiger partial charge on any atom is 0.263 e. The molecule has 0 saturated heterocycles. The molecule has 6 heteroatoms. The van der Waals surface area contributed by atoms with Gasteiger partial charge in [-0.25, -0.2) is 0 Å². The fraction of sp³-hybridized carbons (Fsp3) is 0.462. The molecule has 0 aliphatic rings. The topological polar surface area (TPSA) is 78.8 Å². The van der Waals surface area contributed by atoms with Crippen LogP contribution in [0.15, 0.2) is 24.3 Å². The van der Waals surface area contributed by atoms with Gasteiger partial charge in [0.05, 0.1) is 12.7 Å². The molecule has 1 rings (SSSR count). The maximum atomic E-state index is 11.9.